The summed E-state index contributed by atoms with van der Waals surface area (Å²) in [6.45, 7) is 6.55. The number of rotatable bonds is 4. The molecule has 0 saturated carbocycles. The molecule has 4 rings (SSSR count). The van der Waals surface area contributed by atoms with Crippen molar-refractivity contribution in [2.75, 3.05) is 0 Å². The highest BCUT2D eigenvalue weighted by molar-refractivity contribution is 5.60. The zero-order valence-corrected chi connectivity index (χ0v) is 15.9. The quantitative estimate of drug-likeness (QED) is 0.480. The van der Waals surface area contributed by atoms with Crippen LogP contribution < -0.4 is 0 Å². The van der Waals surface area contributed by atoms with Crippen LogP contribution >= 0.6 is 0 Å². The van der Waals surface area contributed by atoms with Crippen molar-refractivity contribution in [2.24, 2.45) is 0 Å². The second kappa shape index (κ2) is 6.84. The molecule has 27 heavy (non-hydrogen) atoms. The van der Waals surface area contributed by atoms with Crippen molar-refractivity contribution in [2.45, 2.75) is 26.2 Å². The van der Waals surface area contributed by atoms with E-state index in [-0.39, 0.29) is 5.41 Å². The first-order valence-corrected chi connectivity index (χ1v) is 9.19. The molecule has 0 atom stereocenters. The molecular weight excluding hydrogens is 330 g/mol. The van der Waals surface area contributed by atoms with Gasteiger partial charge in [-0.05, 0) is 48.9 Å². The van der Waals surface area contributed by atoms with Crippen molar-refractivity contribution in [3.8, 4) is 16.9 Å². The number of pyridine rings is 1. The van der Waals surface area contributed by atoms with Crippen LogP contribution in [-0.4, -0.2) is 14.8 Å². The SMILES string of the molecule is Cc1cccc(-c2cccc(C(C)(C)c3cccc(-n4cccn4)c3)n2)c1. The van der Waals surface area contributed by atoms with Crippen LogP contribution in [0.4, 0.5) is 0 Å². The first-order chi connectivity index (χ1) is 13.0. The maximum absolute atomic E-state index is 5.00. The summed E-state index contributed by atoms with van der Waals surface area (Å²) in [6, 6.07) is 25.2. The second-order valence-electron chi connectivity index (χ2n) is 7.40. The van der Waals surface area contributed by atoms with Gasteiger partial charge >= 0.3 is 0 Å². The van der Waals surface area contributed by atoms with E-state index >= 15 is 0 Å². The monoisotopic (exact) mass is 353 g/mol. The summed E-state index contributed by atoms with van der Waals surface area (Å²) < 4.78 is 1.89. The van der Waals surface area contributed by atoms with Gasteiger partial charge in [-0.15, -0.1) is 0 Å². The Kier molecular flexibility index (Phi) is 4.36. The number of aryl methyl sites for hydroxylation is 1. The Morgan fingerprint density at radius 2 is 1.67 bits per heavy atom. The van der Waals surface area contributed by atoms with Crippen molar-refractivity contribution in [1.82, 2.24) is 14.8 Å². The minimum atomic E-state index is -0.219. The Hall–Kier alpha value is -3.20. The van der Waals surface area contributed by atoms with Gasteiger partial charge in [0, 0.05) is 23.4 Å². The van der Waals surface area contributed by atoms with Crippen molar-refractivity contribution in [1.29, 1.82) is 0 Å². The molecule has 2 heterocycles. The Labute approximate surface area is 160 Å². The minimum absolute atomic E-state index is 0.219. The van der Waals surface area contributed by atoms with E-state index in [0.717, 1.165) is 22.6 Å². The molecule has 0 aliphatic carbocycles. The molecule has 0 fully saturated rings. The van der Waals surface area contributed by atoms with E-state index in [1.54, 1.807) is 6.20 Å². The van der Waals surface area contributed by atoms with Crippen LogP contribution in [0.2, 0.25) is 0 Å². The van der Waals surface area contributed by atoms with E-state index in [9.17, 15) is 0 Å². The Morgan fingerprint density at radius 3 is 2.44 bits per heavy atom. The first-order valence-electron chi connectivity index (χ1n) is 9.19. The highest BCUT2D eigenvalue weighted by Gasteiger charge is 2.25. The van der Waals surface area contributed by atoms with Crippen LogP contribution in [0.3, 0.4) is 0 Å². The number of benzene rings is 2. The molecule has 0 amide bonds. The van der Waals surface area contributed by atoms with Crippen molar-refractivity contribution in [3.05, 3.63) is 102 Å². The maximum atomic E-state index is 5.00. The Bertz CT molecular complexity index is 1060. The van der Waals surface area contributed by atoms with Crippen molar-refractivity contribution < 1.29 is 0 Å². The predicted molar refractivity (Wildman–Crippen MR) is 110 cm³/mol. The fourth-order valence-electron chi connectivity index (χ4n) is 3.35. The lowest BCUT2D eigenvalue weighted by atomic mass is 9.81. The third-order valence-corrected chi connectivity index (χ3v) is 5.04. The fraction of sp³-hybridized carbons (Fsp3) is 0.167. The number of nitrogens with zero attached hydrogens (tertiary/aromatic N) is 3. The molecule has 2 aromatic heterocycles. The molecule has 3 nitrogen and oxygen atoms in total. The van der Waals surface area contributed by atoms with Gasteiger partial charge in [-0.3, -0.25) is 4.98 Å². The van der Waals surface area contributed by atoms with Gasteiger partial charge in [0.1, 0.15) is 0 Å². The standard InChI is InChI=1S/C24H23N3/c1-18-8-4-9-19(16-18)22-12-6-13-23(26-22)24(2,3)20-10-5-11-21(17-20)27-15-7-14-25-27/h4-17H,1-3H3. The Balaban J connectivity index is 1.74. The predicted octanol–water partition coefficient (Wildman–Crippen LogP) is 5.57. The summed E-state index contributed by atoms with van der Waals surface area (Å²) in [5, 5.41) is 4.35. The summed E-state index contributed by atoms with van der Waals surface area (Å²) in [7, 11) is 0. The smallest absolute Gasteiger partial charge is 0.0705 e. The van der Waals surface area contributed by atoms with E-state index in [1.165, 1.54) is 11.1 Å². The van der Waals surface area contributed by atoms with E-state index < -0.39 is 0 Å². The number of hydrogen-bond donors (Lipinski definition) is 0. The average molecular weight is 353 g/mol. The average Bonchev–Trinajstić information content (AvgIpc) is 3.23. The molecule has 0 N–H and O–H groups in total. The molecule has 0 saturated heterocycles. The normalized spacial score (nSPS) is 11.5. The lowest BCUT2D eigenvalue weighted by Crippen LogP contribution is -2.21. The van der Waals surface area contributed by atoms with Gasteiger partial charge in [-0.2, -0.15) is 5.10 Å². The molecule has 4 aromatic rings. The third kappa shape index (κ3) is 3.41. The van der Waals surface area contributed by atoms with Gasteiger partial charge < -0.3 is 0 Å². The zero-order chi connectivity index (χ0) is 18.9. The van der Waals surface area contributed by atoms with Gasteiger partial charge in [-0.25, -0.2) is 4.68 Å². The fourth-order valence-corrected chi connectivity index (χ4v) is 3.35. The first kappa shape index (κ1) is 17.2. The van der Waals surface area contributed by atoms with Crippen LogP contribution in [0.15, 0.2) is 85.2 Å². The maximum Gasteiger partial charge on any atom is 0.0705 e. The second-order valence-corrected chi connectivity index (χ2v) is 7.40. The van der Waals surface area contributed by atoms with Gasteiger partial charge in [0.05, 0.1) is 17.1 Å². The zero-order valence-electron chi connectivity index (χ0n) is 15.9. The highest BCUT2D eigenvalue weighted by Crippen LogP contribution is 2.32. The lowest BCUT2D eigenvalue weighted by Gasteiger charge is -2.26. The van der Waals surface area contributed by atoms with Gasteiger partial charge in [0.25, 0.3) is 0 Å². The van der Waals surface area contributed by atoms with E-state index in [0.29, 0.717) is 0 Å². The molecular formula is C24H23N3. The lowest BCUT2D eigenvalue weighted by molar-refractivity contribution is 0.616. The molecule has 2 aromatic carbocycles. The molecule has 0 aliphatic rings. The topological polar surface area (TPSA) is 30.7 Å². The molecule has 3 heteroatoms. The number of hydrogen-bond acceptors (Lipinski definition) is 2. The number of aromatic nitrogens is 3. The van der Waals surface area contributed by atoms with Crippen LogP contribution in [0, 0.1) is 6.92 Å². The Morgan fingerprint density at radius 1 is 0.852 bits per heavy atom. The van der Waals surface area contributed by atoms with Crippen LogP contribution in [-0.2, 0) is 5.41 Å². The largest absolute Gasteiger partial charge is 0.252 e. The summed E-state index contributed by atoms with van der Waals surface area (Å²) in [4.78, 5) is 5.00. The molecule has 0 aliphatic heterocycles. The van der Waals surface area contributed by atoms with Crippen LogP contribution in [0.1, 0.15) is 30.7 Å². The summed E-state index contributed by atoms with van der Waals surface area (Å²) in [6.07, 6.45) is 3.76. The van der Waals surface area contributed by atoms with Gasteiger partial charge in [0.15, 0.2) is 0 Å². The van der Waals surface area contributed by atoms with Crippen molar-refractivity contribution >= 4 is 0 Å². The molecule has 134 valence electrons. The van der Waals surface area contributed by atoms with Crippen LogP contribution in [0.5, 0.6) is 0 Å². The molecule has 0 spiro atoms. The third-order valence-electron chi connectivity index (χ3n) is 5.04. The highest BCUT2D eigenvalue weighted by atomic mass is 15.3. The van der Waals surface area contributed by atoms with Gasteiger partial charge in [0.2, 0.25) is 0 Å². The summed E-state index contributed by atoms with van der Waals surface area (Å²) >= 11 is 0. The molecule has 0 unspecified atom stereocenters. The van der Waals surface area contributed by atoms with Crippen LogP contribution in [0.25, 0.3) is 16.9 Å². The minimum Gasteiger partial charge on any atom is -0.252 e. The summed E-state index contributed by atoms with van der Waals surface area (Å²) in [5.74, 6) is 0. The van der Waals surface area contributed by atoms with Crippen molar-refractivity contribution in [3.63, 3.8) is 0 Å². The van der Waals surface area contributed by atoms with E-state index in [2.05, 4.69) is 92.6 Å². The van der Waals surface area contributed by atoms with E-state index in [4.69, 9.17) is 4.98 Å². The molecule has 0 bridgehead atoms. The molecule has 0 radical (unpaired) electrons. The van der Waals surface area contributed by atoms with E-state index in [1.807, 2.05) is 16.9 Å². The van der Waals surface area contributed by atoms with Gasteiger partial charge in [-0.1, -0.05) is 55.8 Å². The summed E-state index contributed by atoms with van der Waals surface area (Å²) in [5.41, 5.74) is 6.50.